The van der Waals surface area contributed by atoms with Crippen LogP contribution in [0.5, 0.6) is 11.5 Å². The number of primary amides is 1. The van der Waals surface area contributed by atoms with Gasteiger partial charge < -0.3 is 20.7 Å². The van der Waals surface area contributed by atoms with Crippen molar-refractivity contribution in [2.75, 3.05) is 26.3 Å². The van der Waals surface area contributed by atoms with Crippen molar-refractivity contribution in [3.63, 3.8) is 0 Å². The summed E-state index contributed by atoms with van der Waals surface area (Å²) in [5.74, 6) is -0.893. The van der Waals surface area contributed by atoms with Gasteiger partial charge in [-0.2, -0.15) is 0 Å². The number of amides is 1. The third-order valence-electron chi connectivity index (χ3n) is 5.68. The van der Waals surface area contributed by atoms with Gasteiger partial charge in [0.2, 0.25) is 5.82 Å². The molecule has 33 heavy (non-hydrogen) atoms. The van der Waals surface area contributed by atoms with Crippen LogP contribution in [-0.2, 0) is 11.3 Å². The number of hydrogen-bond donors (Lipinski definition) is 3. The highest BCUT2D eigenvalue weighted by Crippen LogP contribution is 2.38. The van der Waals surface area contributed by atoms with Gasteiger partial charge in [0.25, 0.3) is 5.91 Å². The first-order chi connectivity index (χ1) is 15.8. The second-order valence-corrected chi connectivity index (χ2v) is 8.70. The molecule has 4 N–H and O–H groups in total. The van der Waals surface area contributed by atoms with Crippen LogP contribution < -0.4 is 5.73 Å². The summed E-state index contributed by atoms with van der Waals surface area (Å²) in [6, 6.07) is 8.30. The van der Waals surface area contributed by atoms with E-state index in [-0.39, 0.29) is 29.1 Å². The maximum atomic E-state index is 12.1. The third-order valence-corrected chi connectivity index (χ3v) is 6.04. The van der Waals surface area contributed by atoms with E-state index in [4.69, 9.17) is 22.1 Å². The molecule has 3 aromatic rings. The van der Waals surface area contributed by atoms with Crippen molar-refractivity contribution in [3.8, 4) is 28.6 Å². The summed E-state index contributed by atoms with van der Waals surface area (Å²) < 4.78 is 6.86. The standard InChI is InChI=1S/C23H26ClN5O4/c1-13(2)16-10-17(20(31)11-19(16)30)22-26-27-23(21(25)32)29(22)15-4-3-14(18(24)9-15)12-28-5-7-33-8-6-28/h3-4,9-11,13,30-31H,5-8,12H2,1-2H3,(H2,25,32). The van der Waals surface area contributed by atoms with E-state index in [1.54, 1.807) is 12.1 Å². The van der Waals surface area contributed by atoms with Crippen molar-refractivity contribution >= 4 is 17.5 Å². The molecular weight excluding hydrogens is 446 g/mol. The van der Waals surface area contributed by atoms with E-state index in [1.165, 1.54) is 10.6 Å². The molecule has 1 saturated heterocycles. The Kier molecular flexibility index (Phi) is 6.55. The average Bonchev–Trinajstić information content (AvgIpc) is 3.21. The number of nitrogens with zero attached hydrogens (tertiary/aromatic N) is 4. The zero-order chi connectivity index (χ0) is 23.7. The Hall–Kier alpha value is -3.14. The highest BCUT2D eigenvalue weighted by Gasteiger charge is 2.24. The summed E-state index contributed by atoms with van der Waals surface area (Å²) >= 11 is 6.60. The van der Waals surface area contributed by atoms with E-state index in [9.17, 15) is 15.0 Å². The number of morpholine rings is 1. The second kappa shape index (κ2) is 9.38. The minimum absolute atomic E-state index is 0.00903. The largest absolute Gasteiger partial charge is 0.508 e. The Morgan fingerprint density at radius 3 is 2.52 bits per heavy atom. The molecule has 174 valence electrons. The maximum Gasteiger partial charge on any atom is 0.287 e. The van der Waals surface area contributed by atoms with Crippen LogP contribution in [0.15, 0.2) is 30.3 Å². The highest BCUT2D eigenvalue weighted by atomic mass is 35.5. The molecule has 9 nitrogen and oxygen atoms in total. The minimum atomic E-state index is -0.774. The molecule has 1 fully saturated rings. The minimum Gasteiger partial charge on any atom is -0.508 e. The first-order valence-electron chi connectivity index (χ1n) is 10.7. The molecule has 0 aliphatic carbocycles. The fourth-order valence-corrected chi connectivity index (χ4v) is 4.14. The van der Waals surface area contributed by atoms with Crippen LogP contribution in [0.1, 0.15) is 41.5 Å². The zero-order valence-electron chi connectivity index (χ0n) is 18.5. The van der Waals surface area contributed by atoms with E-state index in [0.717, 1.165) is 18.7 Å². The van der Waals surface area contributed by atoms with Gasteiger partial charge in [0.15, 0.2) is 5.82 Å². The number of phenols is 2. The molecule has 0 radical (unpaired) electrons. The smallest absolute Gasteiger partial charge is 0.287 e. The van der Waals surface area contributed by atoms with Crippen LogP contribution in [0.25, 0.3) is 17.1 Å². The number of carbonyl (C=O) groups is 1. The number of aromatic nitrogens is 3. The average molecular weight is 472 g/mol. The van der Waals surface area contributed by atoms with Gasteiger partial charge in [-0.05, 0) is 35.2 Å². The molecule has 0 saturated carbocycles. The van der Waals surface area contributed by atoms with E-state index >= 15 is 0 Å². The number of nitrogens with two attached hydrogens (primary N) is 1. The zero-order valence-corrected chi connectivity index (χ0v) is 19.2. The molecule has 1 aromatic heterocycles. The molecule has 1 aliphatic heterocycles. The monoisotopic (exact) mass is 471 g/mol. The summed E-state index contributed by atoms with van der Waals surface area (Å²) in [7, 11) is 0. The summed E-state index contributed by atoms with van der Waals surface area (Å²) in [5, 5.41) is 29.4. The molecule has 0 atom stereocenters. The lowest BCUT2D eigenvalue weighted by Gasteiger charge is -2.27. The number of ether oxygens (including phenoxy) is 1. The van der Waals surface area contributed by atoms with Crippen LogP contribution in [0, 0.1) is 0 Å². The first kappa shape index (κ1) is 23.0. The predicted octanol–water partition coefficient (Wildman–Crippen LogP) is 3.05. The number of rotatable bonds is 6. The topological polar surface area (TPSA) is 127 Å². The van der Waals surface area contributed by atoms with Crippen molar-refractivity contribution in [1.29, 1.82) is 0 Å². The lowest BCUT2D eigenvalue weighted by molar-refractivity contribution is 0.0342. The maximum absolute atomic E-state index is 12.1. The SMILES string of the molecule is CC(C)c1cc(-c2nnc(C(N)=O)n2-c2ccc(CN3CCOCC3)c(Cl)c2)c(O)cc1O. The van der Waals surface area contributed by atoms with E-state index in [1.807, 2.05) is 26.0 Å². The number of carbonyl (C=O) groups excluding carboxylic acids is 1. The molecule has 4 rings (SSSR count). The van der Waals surface area contributed by atoms with Gasteiger partial charge in [-0.15, -0.1) is 10.2 Å². The second-order valence-electron chi connectivity index (χ2n) is 8.29. The fourth-order valence-electron chi connectivity index (χ4n) is 3.90. The van der Waals surface area contributed by atoms with Gasteiger partial charge in [-0.3, -0.25) is 14.3 Å². The molecule has 0 spiro atoms. The Bertz CT molecular complexity index is 1190. The quantitative estimate of drug-likeness (QED) is 0.504. The third kappa shape index (κ3) is 4.66. The van der Waals surface area contributed by atoms with Crippen molar-refractivity contribution in [2.24, 2.45) is 5.73 Å². The van der Waals surface area contributed by atoms with Crippen LogP contribution in [0.4, 0.5) is 0 Å². The summed E-state index contributed by atoms with van der Waals surface area (Å²) in [6.45, 7) is 7.56. The van der Waals surface area contributed by atoms with Gasteiger partial charge >= 0.3 is 0 Å². The van der Waals surface area contributed by atoms with Crippen molar-refractivity contribution in [1.82, 2.24) is 19.7 Å². The summed E-state index contributed by atoms with van der Waals surface area (Å²) in [6.07, 6.45) is 0. The molecule has 0 unspecified atom stereocenters. The number of hydrogen-bond acceptors (Lipinski definition) is 7. The van der Waals surface area contributed by atoms with Gasteiger partial charge in [0, 0.05) is 30.7 Å². The van der Waals surface area contributed by atoms with Crippen LogP contribution in [-0.4, -0.2) is 62.1 Å². The van der Waals surface area contributed by atoms with Gasteiger partial charge in [-0.1, -0.05) is 31.5 Å². The van der Waals surface area contributed by atoms with Crippen LogP contribution >= 0.6 is 11.6 Å². The highest BCUT2D eigenvalue weighted by molar-refractivity contribution is 6.31. The van der Waals surface area contributed by atoms with E-state index in [0.29, 0.717) is 41.6 Å². The molecule has 10 heteroatoms. The molecule has 2 aromatic carbocycles. The molecule has 0 bridgehead atoms. The lowest BCUT2D eigenvalue weighted by Crippen LogP contribution is -2.35. The molecular formula is C23H26ClN5O4. The lowest BCUT2D eigenvalue weighted by atomic mass is 9.98. The van der Waals surface area contributed by atoms with Gasteiger partial charge in [-0.25, -0.2) is 0 Å². The van der Waals surface area contributed by atoms with Crippen molar-refractivity contribution in [2.45, 2.75) is 26.3 Å². The number of phenolic OH excluding ortho intramolecular Hbond substituents is 2. The normalized spacial score (nSPS) is 14.7. The first-order valence-corrected chi connectivity index (χ1v) is 11.0. The van der Waals surface area contributed by atoms with Crippen LogP contribution in [0.3, 0.4) is 0 Å². The number of halogens is 1. The summed E-state index contributed by atoms with van der Waals surface area (Å²) in [4.78, 5) is 14.4. The number of benzene rings is 2. The Morgan fingerprint density at radius 1 is 1.15 bits per heavy atom. The van der Waals surface area contributed by atoms with Gasteiger partial charge in [0.05, 0.1) is 24.5 Å². The molecule has 1 aliphatic rings. The molecule has 2 heterocycles. The number of aromatic hydroxyl groups is 2. The molecule has 1 amide bonds. The van der Waals surface area contributed by atoms with Crippen LogP contribution in [0.2, 0.25) is 5.02 Å². The fraction of sp³-hybridized carbons (Fsp3) is 0.348. The van der Waals surface area contributed by atoms with E-state index < -0.39 is 5.91 Å². The Labute approximate surface area is 196 Å². The van der Waals surface area contributed by atoms with Gasteiger partial charge in [0.1, 0.15) is 11.5 Å². The van der Waals surface area contributed by atoms with Crippen molar-refractivity contribution in [3.05, 3.63) is 52.3 Å². The Morgan fingerprint density at radius 2 is 1.88 bits per heavy atom. The Balaban J connectivity index is 1.79. The van der Waals surface area contributed by atoms with E-state index in [2.05, 4.69) is 15.1 Å². The van der Waals surface area contributed by atoms with Crippen molar-refractivity contribution < 1.29 is 19.7 Å². The predicted molar refractivity (Wildman–Crippen MR) is 124 cm³/mol. The summed E-state index contributed by atoms with van der Waals surface area (Å²) in [5.41, 5.74) is 7.95.